The van der Waals surface area contributed by atoms with Crippen LogP contribution in [0.5, 0.6) is 11.5 Å². The highest BCUT2D eigenvalue weighted by Gasteiger charge is 2.25. The van der Waals surface area contributed by atoms with Gasteiger partial charge in [0.15, 0.2) is 17.3 Å². The van der Waals surface area contributed by atoms with Crippen LogP contribution in [-0.2, 0) is 9.59 Å². The van der Waals surface area contributed by atoms with E-state index < -0.39 is 30.0 Å². The van der Waals surface area contributed by atoms with Crippen molar-refractivity contribution in [3.05, 3.63) is 53.6 Å². The van der Waals surface area contributed by atoms with Crippen LogP contribution in [0, 0.1) is 0 Å². The molecule has 2 aromatic rings. The zero-order chi connectivity index (χ0) is 25.4. The number of hydrogen-bond donors (Lipinski definition) is 4. The van der Waals surface area contributed by atoms with Gasteiger partial charge < -0.3 is 30.5 Å². The molecule has 0 saturated heterocycles. The summed E-state index contributed by atoms with van der Waals surface area (Å²) < 4.78 is 10.6. The highest BCUT2D eigenvalue weighted by atomic mass is 16.7. The van der Waals surface area contributed by atoms with E-state index in [9.17, 15) is 24.3 Å². The van der Waals surface area contributed by atoms with Crippen LogP contribution < -0.4 is 25.4 Å². The summed E-state index contributed by atoms with van der Waals surface area (Å²) in [6.45, 7) is 3.50. The Kier molecular flexibility index (Phi) is 8.66. The Morgan fingerprint density at radius 1 is 1.00 bits per heavy atom. The van der Waals surface area contributed by atoms with Gasteiger partial charge in [0.25, 0.3) is 0 Å². The maximum atomic E-state index is 12.9. The average molecular weight is 484 g/mol. The minimum atomic E-state index is -1.10. The van der Waals surface area contributed by atoms with Crippen molar-refractivity contribution in [2.45, 2.75) is 51.6 Å². The number of anilines is 1. The van der Waals surface area contributed by atoms with Crippen LogP contribution >= 0.6 is 0 Å². The zero-order valence-electron chi connectivity index (χ0n) is 19.6. The predicted octanol–water partition coefficient (Wildman–Crippen LogP) is 3.63. The summed E-state index contributed by atoms with van der Waals surface area (Å²) in [6.07, 6.45) is 1.55. The number of carbonyl (C=O) groups is 4. The van der Waals surface area contributed by atoms with E-state index in [4.69, 9.17) is 9.47 Å². The van der Waals surface area contributed by atoms with E-state index >= 15 is 0 Å². The Hall–Kier alpha value is -4.08. The lowest BCUT2D eigenvalue weighted by Gasteiger charge is -2.22. The molecule has 35 heavy (non-hydrogen) atoms. The zero-order valence-corrected chi connectivity index (χ0v) is 19.6. The first-order valence-electron chi connectivity index (χ1n) is 11.4. The third-order valence-corrected chi connectivity index (χ3v) is 5.51. The largest absolute Gasteiger partial charge is 0.481 e. The molecule has 3 rings (SSSR count). The number of carboxylic acids is 1. The van der Waals surface area contributed by atoms with Gasteiger partial charge in [-0.3, -0.25) is 14.4 Å². The van der Waals surface area contributed by atoms with Crippen LogP contribution in [0.15, 0.2) is 42.5 Å². The Labute approximate surface area is 203 Å². The molecule has 1 aliphatic rings. The molecule has 0 saturated carbocycles. The number of amides is 3. The average Bonchev–Trinajstić information content (AvgIpc) is 3.29. The summed E-state index contributed by atoms with van der Waals surface area (Å²) in [6, 6.07) is 9.04. The molecule has 0 aromatic heterocycles. The smallest absolute Gasteiger partial charge is 0.315 e. The molecular formula is C25H29N3O7. The third-order valence-electron chi connectivity index (χ3n) is 5.51. The van der Waals surface area contributed by atoms with Gasteiger partial charge in [-0.2, -0.15) is 0 Å². The summed E-state index contributed by atoms with van der Waals surface area (Å²) >= 11 is 0. The maximum Gasteiger partial charge on any atom is 0.315 e. The third kappa shape index (κ3) is 7.20. The number of ether oxygens (including phenoxy) is 2. The van der Waals surface area contributed by atoms with Crippen LogP contribution in [0.1, 0.15) is 61.5 Å². The van der Waals surface area contributed by atoms with Crippen LogP contribution in [0.25, 0.3) is 0 Å². The van der Waals surface area contributed by atoms with Crippen molar-refractivity contribution in [2.75, 3.05) is 12.1 Å². The fourth-order valence-corrected chi connectivity index (χ4v) is 3.61. The van der Waals surface area contributed by atoms with E-state index in [1.54, 1.807) is 42.5 Å². The van der Waals surface area contributed by atoms with Gasteiger partial charge in [-0.15, -0.1) is 0 Å². The molecule has 0 fully saturated rings. The van der Waals surface area contributed by atoms with E-state index in [0.717, 1.165) is 6.42 Å². The standard InChI is InChI=1S/C25H29N3O7/c1-3-4-5-19(24(32)26-18-9-6-16(7-10-18)15(2)29)27-25(33)28-20(13-23(30)31)17-8-11-21-22(12-17)35-14-34-21/h6-12,19-20H,3-5,13-14H2,1-2H3,(H,26,32)(H,30,31)(H2,27,28,33). The molecule has 2 unspecified atom stereocenters. The molecule has 186 valence electrons. The number of unbranched alkanes of at least 4 members (excludes halogenated alkanes) is 1. The molecule has 3 amide bonds. The number of rotatable bonds is 11. The van der Waals surface area contributed by atoms with Crippen molar-refractivity contribution in [3.63, 3.8) is 0 Å². The Bertz CT molecular complexity index is 1080. The summed E-state index contributed by atoms with van der Waals surface area (Å²) in [5.41, 5.74) is 1.55. The molecule has 4 N–H and O–H groups in total. The lowest BCUT2D eigenvalue weighted by molar-refractivity contribution is -0.137. The molecule has 1 heterocycles. The second-order valence-electron chi connectivity index (χ2n) is 8.20. The van der Waals surface area contributed by atoms with E-state index in [1.807, 2.05) is 6.92 Å². The number of hydrogen-bond acceptors (Lipinski definition) is 6. The molecule has 2 atom stereocenters. The van der Waals surface area contributed by atoms with Crippen molar-refractivity contribution in [1.29, 1.82) is 0 Å². The molecule has 1 aliphatic heterocycles. The van der Waals surface area contributed by atoms with Gasteiger partial charge in [-0.05, 0) is 55.3 Å². The van der Waals surface area contributed by atoms with Crippen molar-refractivity contribution in [1.82, 2.24) is 10.6 Å². The fourth-order valence-electron chi connectivity index (χ4n) is 3.61. The number of ketones is 1. The van der Waals surface area contributed by atoms with Gasteiger partial charge in [0.2, 0.25) is 12.7 Å². The maximum absolute atomic E-state index is 12.9. The van der Waals surface area contributed by atoms with Crippen molar-refractivity contribution in [3.8, 4) is 11.5 Å². The minimum Gasteiger partial charge on any atom is -0.481 e. The van der Waals surface area contributed by atoms with E-state index in [-0.39, 0.29) is 19.0 Å². The number of aliphatic carboxylic acids is 1. The quantitative estimate of drug-likeness (QED) is 0.357. The first kappa shape index (κ1) is 25.5. The van der Waals surface area contributed by atoms with Gasteiger partial charge in [0, 0.05) is 11.3 Å². The number of fused-ring (bicyclic) bond motifs is 1. The Balaban J connectivity index is 1.68. The van der Waals surface area contributed by atoms with E-state index in [0.29, 0.717) is 41.2 Å². The molecule has 2 aromatic carbocycles. The Morgan fingerprint density at radius 3 is 2.37 bits per heavy atom. The predicted molar refractivity (Wildman–Crippen MR) is 128 cm³/mol. The first-order chi connectivity index (χ1) is 16.8. The Morgan fingerprint density at radius 2 is 1.71 bits per heavy atom. The summed E-state index contributed by atoms with van der Waals surface area (Å²) in [5, 5.41) is 17.4. The number of Topliss-reactive ketones (excluding diaryl/α,β-unsaturated/α-hetero) is 1. The van der Waals surface area contributed by atoms with Crippen LogP contribution in [-0.4, -0.2) is 41.6 Å². The lowest BCUT2D eigenvalue weighted by Crippen LogP contribution is -2.49. The summed E-state index contributed by atoms with van der Waals surface area (Å²) in [4.78, 5) is 48.6. The second kappa shape index (κ2) is 11.9. The lowest BCUT2D eigenvalue weighted by atomic mass is 10.0. The van der Waals surface area contributed by atoms with E-state index in [1.165, 1.54) is 6.92 Å². The molecule has 10 nitrogen and oxygen atoms in total. The number of benzene rings is 2. The SMILES string of the molecule is CCCCC(NC(=O)NC(CC(=O)O)c1ccc2c(c1)OCO2)C(=O)Nc1ccc(C(C)=O)cc1. The summed E-state index contributed by atoms with van der Waals surface area (Å²) in [5.74, 6) is -0.583. The number of urea groups is 1. The second-order valence-corrected chi connectivity index (χ2v) is 8.20. The summed E-state index contributed by atoms with van der Waals surface area (Å²) in [7, 11) is 0. The minimum absolute atomic E-state index is 0.0714. The van der Waals surface area contributed by atoms with Crippen molar-refractivity contribution >= 4 is 29.4 Å². The molecule has 0 radical (unpaired) electrons. The van der Waals surface area contributed by atoms with Gasteiger partial charge in [0.05, 0.1) is 12.5 Å². The van der Waals surface area contributed by atoms with Crippen molar-refractivity contribution in [2.24, 2.45) is 0 Å². The van der Waals surface area contributed by atoms with Crippen LogP contribution in [0.2, 0.25) is 0 Å². The van der Waals surface area contributed by atoms with Gasteiger partial charge in [-0.1, -0.05) is 25.8 Å². The van der Waals surface area contributed by atoms with Crippen LogP contribution in [0.3, 0.4) is 0 Å². The van der Waals surface area contributed by atoms with Gasteiger partial charge in [-0.25, -0.2) is 4.79 Å². The number of carbonyl (C=O) groups excluding carboxylic acids is 3. The van der Waals surface area contributed by atoms with Gasteiger partial charge >= 0.3 is 12.0 Å². The number of nitrogens with one attached hydrogen (secondary N) is 3. The van der Waals surface area contributed by atoms with Crippen LogP contribution in [0.4, 0.5) is 10.5 Å². The molecule has 10 heteroatoms. The van der Waals surface area contributed by atoms with Crippen molar-refractivity contribution < 1.29 is 33.8 Å². The van der Waals surface area contributed by atoms with E-state index in [2.05, 4.69) is 16.0 Å². The molecular weight excluding hydrogens is 454 g/mol. The topological polar surface area (TPSA) is 143 Å². The van der Waals surface area contributed by atoms with Gasteiger partial charge in [0.1, 0.15) is 6.04 Å². The highest BCUT2D eigenvalue weighted by molar-refractivity contribution is 5.98. The molecule has 0 spiro atoms. The monoisotopic (exact) mass is 483 g/mol. The number of carboxylic acid groups (broad SMARTS) is 1. The molecule has 0 bridgehead atoms. The highest BCUT2D eigenvalue weighted by Crippen LogP contribution is 2.34. The normalized spacial score (nSPS) is 13.4. The fraction of sp³-hybridized carbons (Fsp3) is 0.360. The first-order valence-corrected chi connectivity index (χ1v) is 11.4. The molecule has 0 aliphatic carbocycles.